The average Bonchev–Trinajstić information content (AvgIpc) is 2.94. The number of nitrogens with one attached hydrogen (secondary N) is 2. The Labute approximate surface area is 171 Å². The number of aryl methyl sites for hydroxylation is 1. The number of hydrogen-bond acceptors (Lipinski definition) is 5. The molecule has 6 nitrogen and oxygen atoms in total. The summed E-state index contributed by atoms with van der Waals surface area (Å²) in [6.07, 6.45) is 0. The molecule has 2 N–H and O–H groups in total. The van der Waals surface area contributed by atoms with Crippen LogP contribution in [0.4, 0.5) is 10.7 Å². The Hall–Kier alpha value is -2.38. The molecule has 0 saturated carbocycles. The van der Waals surface area contributed by atoms with Crippen molar-refractivity contribution < 1.29 is 19.2 Å². The molecule has 0 fully saturated rings. The van der Waals surface area contributed by atoms with Crippen LogP contribution < -0.4 is 15.1 Å². The van der Waals surface area contributed by atoms with Crippen LogP contribution >= 0.6 is 11.3 Å². The molecule has 1 aromatic heterocycles. The molecule has 1 heterocycles. The molecule has 2 rings (SSSR count). The van der Waals surface area contributed by atoms with E-state index >= 15 is 0 Å². The van der Waals surface area contributed by atoms with E-state index in [1.54, 1.807) is 0 Å². The van der Waals surface area contributed by atoms with Crippen LogP contribution in [0.5, 0.6) is 0 Å². The Balaban J connectivity index is 2.05. The van der Waals surface area contributed by atoms with E-state index in [1.807, 2.05) is 27.9 Å². The lowest BCUT2D eigenvalue weighted by molar-refractivity contribution is -0.903. The van der Waals surface area contributed by atoms with E-state index in [0.29, 0.717) is 17.1 Å². The number of nitrogens with zero attached hydrogens (tertiary/aromatic N) is 1. The number of carbonyl (C=O) groups is 2. The second-order valence-electron chi connectivity index (χ2n) is 7.05. The molecule has 28 heavy (non-hydrogen) atoms. The zero-order chi connectivity index (χ0) is 20.8. The monoisotopic (exact) mass is 404 g/mol. The largest absolute Gasteiger partial charge is 0.465 e. The van der Waals surface area contributed by atoms with Crippen molar-refractivity contribution in [2.45, 2.75) is 27.3 Å². The van der Waals surface area contributed by atoms with E-state index in [-0.39, 0.29) is 5.91 Å². The molecule has 0 radical (unpaired) electrons. The minimum atomic E-state index is -0.419. The molecule has 2 aromatic rings. The Kier molecular flexibility index (Phi) is 7.60. The number of esters is 1. The summed E-state index contributed by atoms with van der Waals surface area (Å²) in [5, 5.41) is 3.48. The Morgan fingerprint density at radius 1 is 1.18 bits per heavy atom. The van der Waals surface area contributed by atoms with Gasteiger partial charge in [0.25, 0.3) is 5.91 Å². The maximum atomic E-state index is 12.6. The summed E-state index contributed by atoms with van der Waals surface area (Å²) in [5.74, 6) is -0.522. The number of thiophene rings is 1. The summed E-state index contributed by atoms with van der Waals surface area (Å²) in [4.78, 5) is 28.9. The summed E-state index contributed by atoms with van der Waals surface area (Å²) in [6.45, 7) is 7.80. The van der Waals surface area contributed by atoms with Crippen molar-refractivity contribution in [3.63, 3.8) is 0 Å². The van der Waals surface area contributed by atoms with Gasteiger partial charge in [-0.15, -0.1) is 11.3 Å². The molecule has 1 unspecified atom stereocenters. The molecule has 1 aromatic carbocycles. The van der Waals surface area contributed by atoms with Crippen molar-refractivity contribution in [2.24, 2.45) is 0 Å². The molecule has 0 saturated heterocycles. The van der Waals surface area contributed by atoms with E-state index in [4.69, 9.17) is 4.74 Å². The van der Waals surface area contributed by atoms with Crippen molar-refractivity contribution in [3.8, 4) is 0 Å². The standard InChI is InChI=1S/C21H29N3O3S/c1-7-24(12-16-8-10-17(11-9-16)23(4)5)13-18(25)22-20-19(21(26)27-6)14(2)15(3)28-20/h8-11H,7,12-13H2,1-6H3,(H,22,25)/p+1. The van der Waals surface area contributed by atoms with Gasteiger partial charge in [0.1, 0.15) is 11.5 Å². The number of hydrogen-bond donors (Lipinski definition) is 2. The van der Waals surface area contributed by atoms with Gasteiger partial charge in [-0.2, -0.15) is 0 Å². The molecule has 0 aliphatic heterocycles. The van der Waals surface area contributed by atoms with Crippen molar-refractivity contribution in [1.29, 1.82) is 0 Å². The summed E-state index contributed by atoms with van der Waals surface area (Å²) in [5.41, 5.74) is 3.65. The van der Waals surface area contributed by atoms with Gasteiger partial charge < -0.3 is 19.9 Å². The van der Waals surface area contributed by atoms with Crippen molar-refractivity contribution in [2.75, 3.05) is 44.5 Å². The molecule has 0 bridgehead atoms. The first-order valence-corrected chi connectivity index (χ1v) is 10.2. The van der Waals surface area contributed by atoms with E-state index in [0.717, 1.165) is 34.1 Å². The maximum Gasteiger partial charge on any atom is 0.341 e. The average molecular weight is 405 g/mol. The summed E-state index contributed by atoms with van der Waals surface area (Å²) in [7, 11) is 5.38. The third kappa shape index (κ3) is 5.33. The highest BCUT2D eigenvalue weighted by atomic mass is 32.1. The fourth-order valence-corrected chi connectivity index (χ4v) is 4.04. The molecule has 1 atom stereocenters. The van der Waals surface area contributed by atoms with E-state index in [1.165, 1.54) is 24.0 Å². The number of benzene rings is 1. The van der Waals surface area contributed by atoms with Gasteiger partial charge in [-0.3, -0.25) is 4.79 Å². The fraction of sp³-hybridized carbons (Fsp3) is 0.429. The predicted molar refractivity (Wildman–Crippen MR) is 115 cm³/mol. The first kappa shape index (κ1) is 21.9. The van der Waals surface area contributed by atoms with Gasteiger partial charge in [0.15, 0.2) is 6.54 Å². The molecule has 1 amide bonds. The number of methoxy groups -OCH3 is 1. The van der Waals surface area contributed by atoms with Gasteiger partial charge in [0, 0.05) is 30.2 Å². The van der Waals surface area contributed by atoms with Crippen LogP contribution in [0, 0.1) is 13.8 Å². The minimum absolute atomic E-state index is 0.104. The number of ether oxygens (including phenoxy) is 1. The maximum absolute atomic E-state index is 12.6. The van der Waals surface area contributed by atoms with Crippen molar-refractivity contribution >= 4 is 33.9 Å². The zero-order valence-electron chi connectivity index (χ0n) is 17.5. The van der Waals surface area contributed by atoms with E-state index in [9.17, 15) is 9.59 Å². The highest BCUT2D eigenvalue weighted by molar-refractivity contribution is 7.16. The third-order valence-electron chi connectivity index (χ3n) is 4.85. The van der Waals surface area contributed by atoms with E-state index in [2.05, 4.69) is 41.4 Å². The molecular weight excluding hydrogens is 374 g/mol. The molecule has 0 aliphatic carbocycles. The number of likely N-dealkylation sites (N-methyl/N-ethyl adjacent to an activating group) is 1. The molecule has 7 heteroatoms. The van der Waals surface area contributed by atoms with Crippen LogP contribution in [0.25, 0.3) is 0 Å². The highest BCUT2D eigenvalue weighted by Gasteiger charge is 2.23. The SMILES string of the molecule is CC[NH+](CC(=O)Nc1sc(C)c(C)c1C(=O)OC)Cc1ccc(N(C)C)cc1. The fourth-order valence-electron chi connectivity index (χ4n) is 2.97. The van der Waals surface area contributed by atoms with Gasteiger partial charge in [-0.1, -0.05) is 12.1 Å². The topological polar surface area (TPSA) is 63.1 Å². The lowest BCUT2D eigenvalue weighted by atomic mass is 10.1. The van der Waals surface area contributed by atoms with Gasteiger partial charge in [-0.05, 0) is 38.5 Å². The van der Waals surface area contributed by atoms with Crippen molar-refractivity contribution in [3.05, 3.63) is 45.8 Å². The summed E-state index contributed by atoms with van der Waals surface area (Å²) < 4.78 is 4.87. The highest BCUT2D eigenvalue weighted by Crippen LogP contribution is 2.32. The lowest BCUT2D eigenvalue weighted by Gasteiger charge is -2.18. The molecule has 0 aliphatic rings. The van der Waals surface area contributed by atoms with Crippen LogP contribution in [0.1, 0.15) is 33.3 Å². The lowest BCUT2D eigenvalue weighted by Crippen LogP contribution is -3.11. The number of carbonyl (C=O) groups excluding carboxylic acids is 2. The van der Waals surface area contributed by atoms with Gasteiger partial charge in [0.05, 0.1) is 19.2 Å². The second kappa shape index (κ2) is 9.71. The van der Waals surface area contributed by atoms with Crippen LogP contribution in [-0.4, -0.2) is 46.2 Å². The second-order valence-corrected chi connectivity index (χ2v) is 8.27. The van der Waals surface area contributed by atoms with E-state index < -0.39 is 5.97 Å². The molecular formula is C21H30N3O3S+. The Bertz CT molecular complexity index is 828. The Morgan fingerprint density at radius 2 is 1.82 bits per heavy atom. The zero-order valence-corrected chi connectivity index (χ0v) is 18.3. The van der Waals surface area contributed by atoms with Gasteiger partial charge >= 0.3 is 5.97 Å². The number of anilines is 2. The molecule has 0 spiro atoms. The van der Waals surface area contributed by atoms with Crippen LogP contribution in [-0.2, 0) is 16.1 Å². The molecule has 152 valence electrons. The normalized spacial score (nSPS) is 11.8. The summed E-state index contributed by atoms with van der Waals surface area (Å²) >= 11 is 1.41. The first-order valence-electron chi connectivity index (χ1n) is 9.34. The summed E-state index contributed by atoms with van der Waals surface area (Å²) in [6, 6.07) is 8.37. The number of rotatable bonds is 8. The predicted octanol–water partition coefficient (Wildman–Crippen LogP) is 2.26. The Morgan fingerprint density at radius 3 is 2.36 bits per heavy atom. The first-order chi connectivity index (χ1) is 13.3. The van der Waals surface area contributed by atoms with Gasteiger partial charge in [-0.25, -0.2) is 4.79 Å². The van der Waals surface area contributed by atoms with Crippen LogP contribution in [0.3, 0.4) is 0 Å². The van der Waals surface area contributed by atoms with Crippen molar-refractivity contribution in [1.82, 2.24) is 0 Å². The third-order valence-corrected chi connectivity index (χ3v) is 5.97. The quantitative estimate of drug-likeness (QED) is 0.663. The number of amides is 1. The van der Waals surface area contributed by atoms with Gasteiger partial charge in [0.2, 0.25) is 0 Å². The van der Waals surface area contributed by atoms with Crippen LogP contribution in [0.2, 0.25) is 0 Å². The smallest absolute Gasteiger partial charge is 0.341 e. The number of quaternary nitrogens is 1. The minimum Gasteiger partial charge on any atom is -0.465 e. The van der Waals surface area contributed by atoms with Crippen LogP contribution in [0.15, 0.2) is 24.3 Å².